The predicted octanol–water partition coefficient (Wildman–Crippen LogP) is 6.26. The number of nitrogens with zero attached hydrogens (tertiary/aromatic N) is 4. The molecule has 2 aromatic heterocycles. The lowest BCUT2D eigenvalue weighted by molar-refractivity contribution is -0.1000. The van der Waals surface area contributed by atoms with Gasteiger partial charge in [0.1, 0.15) is 45.6 Å². The van der Waals surface area contributed by atoms with Crippen molar-refractivity contribution in [3.8, 4) is 23.3 Å². The standard InChI is InChI=1S/C45H62N4O15S2/c1-13-17-33-37(39(50)31-19-21-35(65(11,53)54)41(27(31)5)59-25-23-57-9)43(48(15-3)46-33)61-29(7)63-45(52)64-30(8)62-44-38(34(18-14-2)47-49(44)16-4)40(51)32-20-22-36(66(12,55)56)42(28(32)6)60-26-24-58-10/h19-22,29-30H,13-18,23-26H2,1-12H3. The average Bonchev–Trinajstić information content (AvgIpc) is 3.76. The Kier molecular flexibility index (Phi) is 18.7. The Hall–Kier alpha value is -5.51. The van der Waals surface area contributed by atoms with Crippen molar-refractivity contribution in [3.05, 3.63) is 69.0 Å². The molecule has 0 saturated carbocycles. The fraction of sp³-hybridized carbons (Fsp3) is 0.533. The van der Waals surface area contributed by atoms with E-state index in [9.17, 15) is 31.2 Å². The lowest BCUT2D eigenvalue weighted by atomic mass is 9.97. The molecule has 21 heteroatoms. The molecule has 0 aliphatic rings. The molecular weight excluding hydrogens is 901 g/mol. The molecule has 2 heterocycles. The highest BCUT2D eigenvalue weighted by Gasteiger charge is 2.33. The van der Waals surface area contributed by atoms with Crippen LogP contribution in [-0.4, -0.2) is 120 Å². The summed E-state index contributed by atoms with van der Waals surface area (Å²) in [6.45, 7) is 14.4. The van der Waals surface area contributed by atoms with E-state index in [1.54, 1.807) is 27.7 Å². The van der Waals surface area contributed by atoms with E-state index in [2.05, 4.69) is 10.2 Å². The van der Waals surface area contributed by atoms with Crippen LogP contribution in [0.3, 0.4) is 0 Å². The molecule has 4 rings (SSSR count). The topological polar surface area (TPSA) is 229 Å². The van der Waals surface area contributed by atoms with Crippen LogP contribution in [0.5, 0.6) is 23.3 Å². The summed E-state index contributed by atoms with van der Waals surface area (Å²) in [5.74, 6) is -0.973. The zero-order valence-electron chi connectivity index (χ0n) is 39.8. The van der Waals surface area contributed by atoms with Gasteiger partial charge in [0.15, 0.2) is 19.7 Å². The summed E-state index contributed by atoms with van der Waals surface area (Å²) in [6.07, 6.45) is 0.227. The molecule has 364 valence electrons. The van der Waals surface area contributed by atoms with E-state index in [0.29, 0.717) is 37.1 Å². The quantitative estimate of drug-likeness (QED) is 0.0292. The summed E-state index contributed by atoms with van der Waals surface area (Å²) in [7, 11) is -4.53. The summed E-state index contributed by atoms with van der Waals surface area (Å²) < 4.78 is 98.9. The zero-order valence-corrected chi connectivity index (χ0v) is 41.4. The van der Waals surface area contributed by atoms with Crippen molar-refractivity contribution in [2.45, 2.75) is 117 Å². The number of benzene rings is 2. The first-order chi connectivity index (χ1) is 31.2. The highest BCUT2D eigenvalue weighted by atomic mass is 32.2. The van der Waals surface area contributed by atoms with Gasteiger partial charge in [-0.1, -0.05) is 26.7 Å². The van der Waals surface area contributed by atoms with Crippen molar-refractivity contribution in [1.82, 2.24) is 19.6 Å². The number of hydrogen-bond acceptors (Lipinski definition) is 17. The Balaban J connectivity index is 1.63. The highest BCUT2D eigenvalue weighted by molar-refractivity contribution is 7.91. The van der Waals surface area contributed by atoms with E-state index in [-0.39, 0.29) is 106 Å². The lowest BCUT2D eigenvalue weighted by Crippen LogP contribution is -2.28. The van der Waals surface area contributed by atoms with Crippen molar-refractivity contribution >= 4 is 37.4 Å². The van der Waals surface area contributed by atoms with Gasteiger partial charge in [-0.2, -0.15) is 10.2 Å². The Bertz CT molecular complexity index is 2430. The highest BCUT2D eigenvalue weighted by Crippen LogP contribution is 2.37. The Morgan fingerprint density at radius 3 is 1.27 bits per heavy atom. The normalized spacial score (nSPS) is 12.7. The SMILES string of the molecule is CCCc1nn(CC)c(OC(C)OC(=O)OC(C)Oc2c(C(=O)c3ccc(S(C)(=O)=O)c(OCCOC)c3C)c(CCC)nn2CC)c1C(=O)c1ccc(S(C)(=O)=O)c(OCCOC)c1C. The molecule has 0 amide bonds. The molecule has 4 aromatic rings. The first-order valence-corrected chi connectivity index (χ1v) is 25.4. The summed E-state index contributed by atoms with van der Waals surface area (Å²) in [5, 5.41) is 9.28. The van der Waals surface area contributed by atoms with E-state index < -0.39 is 50.0 Å². The second kappa shape index (κ2) is 23.3. The summed E-state index contributed by atoms with van der Waals surface area (Å²) in [4.78, 5) is 42.2. The number of carbonyl (C=O) groups excluding carboxylic acids is 3. The van der Waals surface area contributed by atoms with E-state index in [0.717, 1.165) is 12.5 Å². The largest absolute Gasteiger partial charge is 0.514 e. The molecule has 0 N–H and O–H groups in total. The smallest absolute Gasteiger partial charge is 0.490 e. The van der Waals surface area contributed by atoms with Crippen LogP contribution in [0.15, 0.2) is 34.1 Å². The maximum absolute atomic E-state index is 14.5. The molecule has 0 spiro atoms. The second-order valence-corrected chi connectivity index (χ2v) is 19.2. The maximum atomic E-state index is 14.5. The molecule has 0 bridgehead atoms. The molecule has 0 aliphatic heterocycles. The van der Waals surface area contributed by atoms with Crippen LogP contribution >= 0.6 is 0 Å². The maximum Gasteiger partial charge on any atom is 0.514 e. The van der Waals surface area contributed by atoms with Crippen molar-refractivity contribution in [2.75, 3.05) is 53.2 Å². The number of ketones is 2. The number of ether oxygens (including phenoxy) is 8. The lowest BCUT2D eigenvalue weighted by Gasteiger charge is -2.20. The summed E-state index contributed by atoms with van der Waals surface area (Å²) in [6, 6.07) is 5.47. The van der Waals surface area contributed by atoms with Crippen LogP contribution in [0.2, 0.25) is 0 Å². The van der Waals surface area contributed by atoms with E-state index >= 15 is 0 Å². The van der Waals surface area contributed by atoms with Gasteiger partial charge in [-0.05, 0) is 64.8 Å². The zero-order chi connectivity index (χ0) is 49.1. The molecule has 19 nitrogen and oxygen atoms in total. The monoisotopic (exact) mass is 962 g/mol. The van der Waals surface area contributed by atoms with Crippen LogP contribution in [0.25, 0.3) is 0 Å². The van der Waals surface area contributed by atoms with Gasteiger partial charge in [0.25, 0.3) is 0 Å². The Morgan fingerprint density at radius 2 is 0.970 bits per heavy atom. The van der Waals surface area contributed by atoms with Crippen molar-refractivity contribution in [3.63, 3.8) is 0 Å². The van der Waals surface area contributed by atoms with Crippen LogP contribution in [0.4, 0.5) is 4.79 Å². The fourth-order valence-electron chi connectivity index (χ4n) is 7.09. The average molecular weight is 963 g/mol. The number of carbonyl (C=O) groups is 3. The van der Waals surface area contributed by atoms with Gasteiger partial charge in [-0.25, -0.2) is 31.0 Å². The second-order valence-electron chi connectivity index (χ2n) is 15.3. The third-order valence-electron chi connectivity index (χ3n) is 10.2. The van der Waals surface area contributed by atoms with Crippen LogP contribution < -0.4 is 18.9 Å². The number of rotatable bonds is 26. The Labute approximate surface area is 386 Å². The van der Waals surface area contributed by atoms with Gasteiger partial charge in [-0.15, -0.1) is 0 Å². The molecule has 2 atom stereocenters. The molecule has 0 saturated heterocycles. The molecular formula is C45H62N4O15S2. The molecule has 66 heavy (non-hydrogen) atoms. The number of hydrogen-bond donors (Lipinski definition) is 0. The van der Waals surface area contributed by atoms with E-state index in [1.807, 2.05) is 13.8 Å². The third kappa shape index (κ3) is 12.5. The van der Waals surface area contributed by atoms with Gasteiger partial charge < -0.3 is 37.9 Å². The van der Waals surface area contributed by atoms with Crippen molar-refractivity contribution in [2.24, 2.45) is 0 Å². The van der Waals surface area contributed by atoms with Gasteiger partial charge in [0.05, 0.1) is 24.6 Å². The first-order valence-electron chi connectivity index (χ1n) is 21.6. The molecule has 0 radical (unpaired) electrons. The molecule has 2 unspecified atom stereocenters. The Morgan fingerprint density at radius 1 is 0.606 bits per heavy atom. The van der Waals surface area contributed by atoms with Gasteiger partial charge in [0.2, 0.25) is 35.9 Å². The van der Waals surface area contributed by atoms with Gasteiger partial charge >= 0.3 is 6.16 Å². The van der Waals surface area contributed by atoms with Gasteiger partial charge in [0, 0.05) is 75.9 Å². The number of aromatic nitrogens is 4. The van der Waals surface area contributed by atoms with Crippen LogP contribution in [0.1, 0.15) is 109 Å². The van der Waals surface area contributed by atoms with E-state index in [4.69, 9.17) is 37.9 Å². The molecule has 0 aliphatic carbocycles. The first kappa shape index (κ1) is 53.1. The number of aryl methyl sites for hydroxylation is 4. The third-order valence-corrected chi connectivity index (χ3v) is 12.4. The molecule has 0 fully saturated rings. The fourth-order valence-corrected chi connectivity index (χ4v) is 8.82. The minimum absolute atomic E-state index is 0.00885. The summed E-state index contributed by atoms with van der Waals surface area (Å²) in [5.41, 5.74) is 1.89. The number of methoxy groups -OCH3 is 2. The van der Waals surface area contributed by atoms with Crippen molar-refractivity contribution in [1.29, 1.82) is 0 Å². The van der Waals surface area contributed by atoms with Crippen molar-refractivity contribution < 1.29 is 69.1 Å². The molecule has 2 aromatic carbocycles. The summed E-state index contributed by atoms with van der Waals surface area (Å²) >= 11 is 0. The van der Waals surface area contributed by atoms with Gasteiger partial charge in [-0.3, -0.25) is 9.59 Å². The minimum Gasteiger partial charge on any atom is -0.490 e. The van der Waals surface area contributed by atoms with Crippen LogP contribution in [0, 0.1) is 13.8 Å². The van der Waals surface area contributed by atoms with E-state index in [1.165, 1.54) is 61.7 Å². The van der Waals surface area contributed by atoms with Crippen LogP contribution in [-0.2, 0) is 64.6 Å². The predicted molar refractivity (Wildman–Crippen MR) is 242 cm³/mol. The minimum atomic E-state index is -3.75. The number of sulfone groups is 2.